The molecule has 0 atom stereocenters. The van der Waals surface area contributed by atoms with Crippen LogP contribution in [-0.2, 0) is 0 Å². The molecule has 1 rings (SSSR count). The van der Waals surface area contributed by atoms with Crippen LogP contribution >= 0.6 is 0 Å². The highest BCUT2D eigenvalue weighted by Crippen LogP contribution is 2.23. The predicted octanol–water partition coefficient (Wildman–Crippen LogP) is -0.919. The van der Waals surface area contributed by atoms with Crippen molar-refractivity contribution in [2.75, 3.05) is 26.4 Å². The van der Waals surface area contributed by atoms with Crippen LogP contribution < -0.4 is 10.6 Å². The Morgan fingerprint density at radius 3 is 1.36 bits per heavy atom. The van der Waals surface area contributed by atoms with E-state index in [0.29, 0.717) is 0 Å². The number of aliphatic hydroxyl groups excluding tert-OH is 4. The number of nitrogens with one attached hydrogen (secondary N) is 2. The zero-order valence-electron chi connectivity index (χ0n) is 16.2. The summed E-state index contributed by atoms with van der Waals surface area (Å²) < 4.78 is 0. The summed E-state index contributed by atoms with van der Waals surface area (Å²) in [6, 6.07) is 2.14. The Balaban J connectivity index is 3.33. The Bertz CT molecular complexity index is 660. The summed E-state index contributed by atoms with van der Waals surface area (Å²) in [5.41, 5.74) is -0.631. The highest BCUT2D eigenvalue weighted by Gasteiger charge is 2.26. The summed E-state index contributed by atoms with van der Waals surface area (Å²) >= 11 is 0. The lowest BCUT2D eigenvalue weighted by atomic mass is 9.85. The van der Waals surface area contributed by atoms with Crippen molar-refractivity contribution < 1.29 is 34.8 Å². The first-order valence-electron chi connectivity index (χ1n) is 8.82. The number of aliphatic hydroxyl groups is 4. The van der Waals surface area contributed by atoms with E-state index in [1.54, 1.807) is 20.8 Å². The predicted molar refractivity (Wildman–Crippen MR) is 101 cm³/mol. The number of Topliss-reactive ketones (excluding diaryl/α,β-unsaturated/α-hetero) is 1. The zero-order valence-corrected chi connectivity index (χ0v) is 16.2. The van der Waals surface area contributed by atoms with E-state index in [1.807, 2.05) is 0 Å². The molecule has 9 heteroatoms. The molecular weight excluding hydrogens is 368 g/mol. The summed E-state index contributed by atoms with van der Waals surface area (Å²) in [6.07, 6.45) is 0. The third-order valence-corrected chi connectivity index (χ3v) is 3.95. The molecular formula is C19H28N2O7. The molecule has 28 heavy (non-hydrogen) atoms. The Hall–Kier alpha value is -2.33. The minimum Gasteiger partial charge on any atom is -0.394 e. The van der Waals surface area contributed by atoms with Crippen molar-refractivity contribution >= 4 is 17.6 Å². The molecule has 0 bridgehead atoms. The molecule has 0 fully saturated rings. The highest BCUT2D eigenvalue weighted by molar-refractivity contribution is 6.06. The van der Waals surface area contributed by atoms with Gasteiger partial charge in [0.25, 0.3) is 11.8 Å². The van der Waals surface area contributed by atoms with E-state index in [-0.39, 0.29) is 22.5 Å². The fourth-order valence-electron chi connectivity index (χ4n) is 2.29. The number of ketones is 1. The summed E-state index contributed by atoms with van der Waals surface area (Å²) in [7, 11) is 0. The van der Waals surface area contributed by atoms with Gasteiger partial charge >= 0.3 is 0 Å². The molecule has 0 spiro atoms. The van der Waals surface area contributed by atoms with Crippen molar-refractivity contribution in [3.8, 4) is 0 Å². The second-order valence-electron chi connectivity index (χ2n) is 7.45. The van der Waals surface area contributed by atoms with Gasteiger partial charge in [0, 0.05) is 22.1 Å². The Morgan fingerprint density at radius 1 is 0.750 bits per heavy atom. The maximum Gasteiger partial charge on any atom is 0.251 e. The lowest BCUT2D eigenvalue weighted by Gasteiger charge is -2.19. The summed E-state index contributed by atoms with van der Waals surface area (Å²) in [5.74, 6) is -1.64. The van der Waals surface area contributed by atoms with E-state index >= 15 is 0 Å². The van der Waals surface area contributed by atoms with Crippen LogP contribution in [0, 0.1) is 5.41 Å². The standard InChI is InChI=1S/C19H28N2O7/c1-19(2,3)16(26)11-4-12(17(27)20-14(7-22)8-23)6-13(5-11)18(28)21-15(9-24)10-25/h4-6,14-15,22-25H,7-10H2,1-3H3,(H,20,27)(H,21,28). The summed E-state index contributed by atoms with van der Waals surface area (Å²) in [4.78, 5) is 37.6. The average Bonchev–Trinajstić information content (AvgIpc) is 2.67. The first-order chi connectivity index (χ1) is 13.1. The van der Waals surface area contributed by atoms with Gasteiger partial charge in [-0.15, -0.1) is 0 Å². The van der Waals surface area contributed by atoms with Crippen LogP contribution in [0.2, 0.25) is 0 Å². The van der Waals surface area contributed by atoms with Gasteiger partial charge in [0.05, 0.1) is 38.5 Å². The maximum atomic E-state index is 12.7. The van der Waals surface area contributed by atoms with Gasteiger partial charge in [-0.2, -0.15) is 0 Å². The van der Waals surface area contributed by atoms with Gasteiger partial charge in [0.1, 0.15) is 0 Å². The van der Waals surface area contributed by atoms with Crippen molar-refractivity contribution in [3.63, 3.8) is 0 Å². The molecule has 0 saturated carbocycles. The summed E-state index contributed by atoms with van der Waals surface area (Å²) in [6.45, 7) is 3.17. The number of hydrogen-bond donors (Lipinski definition) is 6. The van der Waals surface area contributed by atoms with E-state index in [0.717, 1.165) is 0 Å². The van der Waals surface area contributed by atoms with Crippen molar-refractivity contribution in [2.45, 2.75) is 32.9 Å². The fourth-order valence-corrected chi connectivity index (χ4v) is 2.29. The lowest BCUT2D eigenvalue weighted by molar-refractivity contribution is 0.0857. The molecule has 1 aromatic carbocycles. The molecule has 1 aromatic rings. The largest absolute Gasteiger partial charge is 0.394 e. The first-order valence-corrected chi connectivity index (χ1v) is 8.82. The van der Waals surface area contributed by atoms with E-state index in [2.05, 4.69) is 10.6 Å². The van der Waals surface area contributed by atoms with Crippen molar-refractivity contribution in [3.05, 3.63) is 34.9 Å². The average molecular weight is 396 g/mol. The third-order valence-electron chi connectivity index (χ3n) is 3.95. The quantitative estimate of drug-likeness (QED) is 0.295. The monoisotopic (exact) mass is 396 g/mol. The molecule has 0 radical (unpaired) electrons. The number of benzene rings is 1. The first kappa shape index (κ1) is 23.7. The van der Waals surface area contributed by atoms with Crippen LogP contribution in [-0.4, -0.2) is 76.5 Å². The molecule has 0 aliphatic carbocycles. The Labute approximate surface area is 163 Å². The number of hydrogen-bond acceptors (Lipinski definition) is 7. The van der Waals surface area contributed by atoms with Crippen molar-refractivity contribution in [2.24, 2.45) is 5.41 Å². The molecule has 9 nitrogen and oxygen atoms in total. The van der Waals surface area contributed by atoms with Gasteiger partial charge in [0.15, 0.2) is 5.78 Å². The summed E-state index contributed by atoms with van der Waals surface area (Å²) in [5, 5.41) is 41.3. The van der Waals surface area contributed by atoms with Gasteiger partial charge in [-0.1, -0.05) is 20.8 Å². The van der Waals surface area contributed by atoms with E-state index in [9.17, 15) is 14.4 Å². The minimum absolute atomic E-state index is 0.00306. The molecule has 6 N–H and O–H groups in total. The van der Waals surface area contributed by atoms with Gasteiger partial charge in [-0.25, -0.2) is 0 Å². The molecule has 0 heterocycles. The second kappa shape index (κ2) is 10.3. The topological polar surface area (TPSA) is 156 Å². The third kappa shape index (κ3) is 6.38. The SMILES string of the molecule is CC(C)(C)C(=O)c1cc(C(=O)NC(CO)CO)cc(C(=O)NC(CO)CO)c1. The van der Waals surface area contributed by atoms with Gasteiger partial charge in [-0.3, -0.25) is 14.4 Å². The Kier molecular flexibility index (Phi) is 8.70. The van der Waals surface area contributed by atoms with E-state index < -0.39 is 55.7 Å². The molecule has 0 aliphatic heterocycles. The van der Waals surface area contributed by atoms with E-state index in [1.165, 1.54) is 18.2 Å². The van der Waals surface area contributed by atoms with Crippen LogP contribution in [0.1, 0.15) is 51.8 Å². The Morgan fingerprint density at radius 2 is 1.07 bits per heavy atom. The second-order valence-corrected chi connectivity index (χ2v) is 7.45. The zero-order chi connectivity index (χ0) is 21.5. The molecule has 0 aliphatic rings. The molecule has 2 amide bonds. The van der Waals surface area contributed by atoms with E-state index in [4.69, 9.17) is 20.4 Å². The highest BCUT2D eigenvalue weighted by atomic mass is 16.3. The number of carbonyl (C=O) groups is 3. The molecule has 0 saturated heterocycles. The smallest absolute Gasteiger partial charge is 0.251 e. The minimum atomic E-state index is -0.889. The van der Waals surface area contributed by atoms with Crippen LogP contribution in [0.3, 0.4) is 0 Å². The van der Waals surface area contributed by atoms with Gasteiger partial charge < -0.3 is 31.1 Å². The fraction of sp³-hybridized carbons (Fsp3) is 0.526. The van der Waals surface area contributed by atoms with Crippen molar-refractivity contribution in [1.29, 1.82) is 0 Å². The van der Waals surface area contributed by atoms with Crippen LogP contribution in [0.5, 0.6) is 0 Å². The number of carbonyl (C=O) groups excluding carboxylic acids is 3. The van der Waals surface area contributed by atoms with Crippen LogP contribution in [0.4, 0.5) is 0 Å². The number of amides is 2. The van der Waals surface area contributed by atoms with Crippen LogP contribution in [0.15, 0.2) is 18.2 Å². The maximum absolute atomic E-state index is 12.7. The van der Waals surface area contributed by atoms with Gasteiger partial charge in [-0.05, 0) is 18.2 Å². The molecule has 0 unspecified atom stereocenters. The molecule has 156 valence electrons. The lowest BCUT2D eigenvalue weighted by Crippen LogP contribution is -2.41. The van der Waals surface area contributed by atoms with Crippen molar-refractivity contribution in [1.82, 2.24) is 10.6 Å². The normalized spacial score (nSPS) is 11.6. The van der Waals surface area contributed by atoms with Gasteiger partial charge in [0.2, 0.25) is 0 Å². The molecule has 0 aromatic heterocycles. The number of rotatable bonds is 9. The van der Waals surface area contributed by atoms with Crippen LogP contribution in [0.25, 0.3) is 0 Å².